The highest BCUT2D eigenvalue weighted by molar-refractivity contribution is 6.33. The van der Waals surface area contributed by atoms with E-state index in [4.69, 9.17) is 21.9 Å². The average molecular weight is 290 g/mol. The van der Waals surface area contributed by atoms with Gasteiger partial charge in [-0.1, -0.05) is 28.9 Å². The molecule has 2 N–H and O–H groups in total. The molecular formula is C14H9ClFN3O. The van der Waals surface area contributed by atoms with Gasteiger partial charge in [0.25, 0.3) is 5.89 Å². The molecule has 0 spiro atoms. The quantitative estimate of drug-likeness (QED) is 0.729. The number of benzene rings is 2. The van der Waals surface area contributed by atoms with Crippen LogP contribution in [0, 0.1) is 5.82 Å². The lowest BCUT2D eigenvalue weighted by Crippen LogP contribution is -1.87. The Labute approximate surface area is 119 Å². The Balaban J connectivity index is 2.04. The third kappa shape index (κ3) is 2.35. The zero-order chi connectivity index (χ0) is 14.1. The number of halogens is 2. The first-order valence-electron chi connectivity index (χ1n) is 5.78. The minimum absolute atomic E-state index is 0.238. The molecule has 1 heterocycles. The number of anilines is 1. The van der Waals surface area contributed by atoms with E-state index in [1.54, 1.807) is 30.3 Å². The van der Waals surface area contributed by atoms with Gasteiger partial charge < -0.3 is 10.3 Å². The van der Waals surface area contributed by atoms with Crippen molar-refractivity contribution in [1.82, 2.24) is 10.1 Å². The molecule has 6 heteroatoms. The van der Waals surface area contributed by atoms with Gasteiger partial charge in [-0.3, -0.25) is 0 Å². The highest BCUT2D eigenvalue weighted by Crippen LogP contribution is 2.30. The van der Waals surface area contributed by atoms with E-state index in [0.29, 0.717) is 21.8 Å². The zero-order valence-electron chi connectivity index (χ0n) is 10.2. The standard InChI is InChI=1S/C14H9ClFN3O/c15-12-5-4-10(17)7-11(12)14-18-13(19-20-14)8-2-1-3-9(16)6-8/h1-7H,17H2. The van der Waals surface area contributed by atoms with E-state index in [-0.39, 0.29) is 17.5 Å². The topological polar surface area (TPSA) is 64.9 Å². The Bertz CT molecular complexity index is 773. The zero-order valence-corrected chi connectivity index (χ0v) is 10.9. The average Bonchev–Trinajstić information content (AvgIpc) is 2.91. The van der Waals surface area contributed by atoms with Gasteiger partial charge in [-0.05, 0) is 30.3 Å². The third-order valence-corrected chi connectivity index (χ3v) is 3.06. The maximum absolute atomic E-state index is 13.2. The van der Waals surface area contributed by atoms with Crippen molar-refractivity contribution in [3.63, 3.8) is 0 Å². The van der Waals surface area contributed by atoms with Crippen LogP contribution in [0.2, 0.25) is 5.02 Å². The third-order valence-electron chi connectivity index (χ3n) is 2.73. The fourth-order valence-corrected chi connectivity index (χ4v) is 1.98. The van der Waals surface area contributed by atoms with Gasteiger partial charge in [0, 0.05) is 11.3 Å². The van der Waals surface area contributed by atoms with E-state index < -0.39 is 0 Å². The number of nitrogens with two attached hydrogens (primary N) is 1. The lowest BCUT2D eigenvalue weighted by atomic mass is 10.2. The van der Waals surface area contributed by atoms with E-state index in [1.807, 2.05) is 0 Å². The van der Waals surface area contributed by atoms with Crippen LogP contribution in [0.25, 0.3) is 22.8 Å². The minimum Gasteiger partial charge on any atom is -0.399 e. The number of nitrogen functional groups attached to an aromatic ring is 1. The molecule has 2 aromatic carbocycles. The van der Waals surface area contributed by atoms with Crippen LogP contribution >= 0.6 is 11.6 Å². The van der Waals surface area contributed by atoms with Gasteiger partial charge in [0.05, 0.1) is 10.6 Å². The highest BCUT2D eigenvalue weighted by atomic mass is 35.5. The van der Waals surface area contributed by atoms with Crippen LogP contribution in [0.3, 0.4) is 0 Å². The highest BCUT2D eigenvalue weighted by Gasteiger charge is 2.14. The van der Waals surface area contributed by atoms with Crippen molar-refractivity contribution in [3.8, 4) is 22.8 Å². The lowest BCUT2D eigenvalue weighted by Gasteiger charge is -1.99. The summed E-state index contributed by atoms with van der Waals surface area (Å²) >= 11 is 6.07. The summed E-state index contributed by atoms with van der Waals surface area (Å²) in [6.07, 6.45) is 0. The van der Waals surface area contributed by atoms with Crippen LogP contribution in [0.15, 0.2) is 47.0 Å². The van der Waals surface area contributed by atoms with Gasteiger partial charge in [0.2, 0.25) is 5.82 Å². The van der Waals surface area contributed by atoms with E-state index in [2.05, 4.69) is 10.1 Å². The molecule has 1 aromatic heterocycles. The summed E-state index contributed by atoms with van der Waals surface area (Å²) in [5, 5.41) is 4.27. The number of rotatable bonds is 2. The summed E-state index contributed by atoms with van der Waals surface area (Å²) in [4.78, 5) is 4.21. The summed E-state index contributed by atoms with van der Waals surface area (Å²) < 4.78 is 18.3. The number of aromatic nitrogens is 2. The van der Waals surface area contributed by atoms with Gasteiger partial charge in [-0.2, -0.15) is 4.98 Å². The Hall–Kier alpha value is -2.40. The van der Waals surface area contributed by atoms with E-state index in [9.17, 15) is 4.39 Å². The Morgan fingerprint density at radius 2 is 2.00 bits per heavy atom. The van der Waals surface area contributed by atoms with Gasteiger partial charge in [0.15, 0.2) is 0 Å². The molecule has 0 unspecified atom stereocenters. The lowest BCUT2D eigenvalue weighted by molar-refractivity contribution is 0.432. The first kappa shape index (κ1) is 12.6. The van der Waals surface area contributed by atoms with E-state index >= 15 is 0 Å². The molecule has 3 aromatic rings. The fourth-order valence-electron chi connectivity index (χ4n) is 1.78. The van der Waals surface area contributed by atoms with Gasteiger partial charge >= 0.3 is 0 Å². The molecule has 4 nitrogen and oxygen atoms in total. The summed E-state index contributed by atoms with van der Waals surface area (Å²) in [5.41, 5.74) is 7.31. The van der Waals surface area contributed by atoms with Crippen LogP contribution in [0.5, 0.6) is 0 Å². The number of hydrogen-bond acceptors (Lipinski definition) is 4. The van der Waals surface area contributed by atoms with E-state index in [1.165, 1.54) is 12.1 Å². The number of nitrogens with zero attached hydrogens (tertiary/aromatic N) is 2. The van der Waals surface area contributed by atoms with Crippen LogP contribution in [-0.2, 0) is 0 Å². The molecule has 0 fully saturated rings. The molecule has 0 aliphatic carbocycles. The Kier molecular flexibility index (Phi) is 3.12. The van der Waals surface area contributed by atoms with Crippen LogP contribution < -0.4 is 5.73 Å². The molecule has 0 radical (unpaired) electrons. The second kappa shape index (κ2) is 4.94. The summed E-state index contributed by atoms with van der Waals surface area (Å²) in [6, 6.07) is 10.9. The fraction of sp³-hybridized carbons (Fsp3) is 0. The van der Waals surface area contributed by atoms with Gasteiger partial charge in [-0.15, -0.1) is 0 Å². The SMILES string of the molecule is Nc1ccc(Cl)c(-c2nc(-c3cccc(F)c3)no2)c1. The maximum Gasteiger partial charge on any atom is 0.259 e. The van der Waals surface area contributed by atoms with Crippen molar-refractivity contribution in [2.45, 2.75) is 0 Å². The normalized spacial score (nSPS) is 10.7. The van der Waals surface area contributed by atoms with Gasteiger partial charge in [-0.25, -0.2) is 4.39 Å². The van der Waals surface area contributed by atoms with Crippen LogP contribution in [-0.4, -0.2) is 10.1 Å². The first-order chi connectivity index (χ1) is 9.63. The van der Waals surface area contributed by atoms with E-state index in [0.717, 1.165) is 0 Å². The molecule has 0 saturated heterocycles. The molecule has 0 amide bonds. The monoisotopic (exact) mass is 289 g/mol. The summed E-state index contributed by atoms with van der Waals surface area (Å²) in [5.74, 6) is 0.162. The molecule has 0 saturated carbocycles. The molecular weight excluding hydrogens is 281 g/mol. The van der Waals surface area contributed by atoms with Crippen molar-refractivity contribution < 1.29 is 8.91 Å². The second-order valence-electron chi connectivity index (χ2n) is 4.17. The van der Waals surface area contributed by atoms with Crippen molar-refractivity contribution in [2.75, 3.05) is 5.73 Å². The smallest absolute Gasteiger partial charge is 0.259 e. The Morgan fingerprint density at radius 1 is 1.15 bits per heavy atom. The first-order valence-corrected chi connectivity index (χ1v) is 6.16. The number of hydrogen-bond donors (Lipinski definition) is 1. The maximum atomic E-state index is 13.2. The van der Waals surface area contributed by atoms with Crippen molar-refractivity contribution in [1.29, 1.82) is 0 Å². The van der Waals surface area contributed by atoms with Crippen LogP contribution in [0.4, 0.5) is 10.1 Å². The molecule has 0 atom stereocenters. The van der Waals surface area contributed by atoms with Crippen LogP contribution in [0.1, 0.15) is 0 Å². The van der Waals surface area contributed by atoms with Crippen molar-refractivity contribution >= 4 is 17.3 Å². The van der Waals surface area contributed by atoms with Gasteiger partial charge in [0.1, 0.15) is 5.82 Å². The second-order valence-corrected chi connectivity index (χ2v) is 4.58. The minimum atomic E-state index is -0.365. The molecule has 0 bridgehead atoms. The predicted molar refractivity (Wildman–Crippen MR) is 74.6 cm³/mol. The Morgan fingerprint density at radius 3 is 2.80 bits per heavy atom. The van der Waals surface area contributed by atoms with Crippen molar-refractivity contribution in [2.24, 2.45) is 0 Å². The molecule has 0 aliphatic rings. The predicted octanol–water partition coefficient (Wildman–Crippen LogP) is 3.78. The molecule has 20 heavy (non-hydrogen) atoms. The molecule has 0 aliphatic heterocycles. The summed E-state index contributed by atoms with van der Waals surface area (Å²) in [6.45, 7) is 0. The largest absolute Gasteiger partial charge is 0.399 e. The molecule has 3 rings (SSSR count). The van der Waals surface area contributed by atoms with Crippen molar-refractivity contribution in [3.05, 3.63) is 53.3 Å². The molecule has 100 valence electrons. The summed E-state index contributed by atoms with van der Waals surface area (Å²) in [7, 11) is 0.